The summed E-state index contributed by atoms with van der Waals surface area (Å²) in [5.41, 5.74) is 6.93. The summed E-state index contributed by atoms with van der Waals surface area (Å²) >= 11 is 0. The molecule has 0 amide bonds. The Kier molecular flexibility index (Phi) is 4.33. The topological polar surface area (TPSA) is 95.4 Å². The van der Waals surface area contributed by atoms with E-state index in [1.807, 2.05) is 31.2 Å². The highest BCUT2D eigenvalue weighted by Gasteiger charge is 2.08. The van der Waals surface area contributed by atoms with Gasteiger partial charge in [0.25, 0.3) is 0 Å². The number of pyridine rings is 1. The molecule has 0 aliphatic carbocycles. The van der Waals surface area contributed by atoms with Crippen LogP contribution in [0.15, 0.2) is 47.0 Å². The molecule has 0 aliphatic heterocycles. The quantitative estimate of drug-likeness (QED) is 0.727. The second kappa shape index (κ2) is 6.36. The Labute approximate surface area is 120 Å². The van der Waals surface area contributed by atoms with Crippen molar-refractivity contribution >= 4 is 22.9 Å². The van der Waals surface area contributed by atoms with E-state index in [-0.39, 0.29) is 6.15 Å². The van der Waals surface area contributed by atoms with E-state index in [0.717, 1.165) is 22.6 Å². The summed E-state index contributed by atoms with van der Waals surface area (Å²) in [6.45, 7) is 1.88. The number of hydrogen-bond donors (Lipinski definition) is 1. The largest absolute Gasteiger partial charge is 0.456 e. The van der Waals surface area contributed by atoms with E-state index < -0.39 is 0 Å². The average Bonchev–Trinajstić information content (AvgIpc) is 2.84. The van der Waals surface area contributed by atoms with Gasteiger partial charge in [-0.05, 0) is 37.3 Å². The first-order valence-corrected chi connectivity index (χ1v) is 6.02. The Balaban J connectivity index is 0.000000497. The molecule has 3 aromatic rings. The van der Waals surface area contributed by atoms with Crippen LogP contribution in [0.4, 0.5) is 5.69 Å². The molecule has 6 nitrogen and oxygen atoms in total. The third-order valence-electron chi connectivity index (χ3n) is 2.63. The maximum absolute atomic E-state index is 8.12. The van der Waals surface area contributed by atoms with E-state index in [2.05, 4.69) is 4.98 Å². The fourth-order valence-electron chi connectivity index (χ4n) is 1.79. The highest BCUT2D eigenvalue weighted by Crippen LogP contribution is 2.30. The van der Waals surface area contributed by atoms with Gasteiger partial charge in [0, 0.05) is 18.0 Å². The molecule has 0 aliphatic rings. The summed E-state index contributed by atoms with van der Waals surface area (Å²) in [5.74, 6) is 2.27. The van der Waals surface area contributed by atoms with Crippen molar-refractivity contribution in [1.29, 1.82) is 0 Å². The smallest absolute Gasteiger partial charge is 0.373 e. The Bertz CT molecular complexity index is 772. The molecule has 0 spiro atoms. The lowest BCUT2D eigenvalue weighted by atomic mass is 10.3. The highest BCUT2D eigenvalue weighted by molar-refractivity contribution is 5.81. The number of anilines is 1. The number of carbonyl (C=O) groups excluding carboxylic acids is 2. The molecular weight excluding hydrogens is 272 g/mol. The van der Waals surface area contributed by atoms with Crippen molar-refractivity contribution in [3.63, 3.8) is 0 Å². The number of aryl methyl sites for hydroxylation is 1. The first-order chi connectivity index (χ1) is 10.1. The molecule has 0 fully saturated rings. The summed E-state index contributed by atoms with van der Waals surface area (Å²) in [5, 5.41) is 0.867. The van der Waals surface area contributed by atoms with Crippen LogP contribution in [-0.2, 0) is 9.59 Å². The van der Waals surface area contributed by atoms with Gasteiger partial charge in [-0.15, -0.1) is 0 Å². The van der Waals surface area contributed by atoms with Crippen molar-refractivity contribution in [2.75, 3.05) is 5.73 Å². The van der Waals surface area contributed by atoms with Crippen LogP contribution in [0.1, 0.15) is 5.76 Å². The molecule has 0 bridgehead atoms. The molecule has 1 aromatic carbocycles. The lowest BCUT2D eigenvalue weighted by Crippen LogP contribution is -1.87. The van der Waals surface area contributed by atoms with Gasteiger partial charge in [0.1, 0.15) is 17.3 Å². The van der Waals surface area contributed by atoms with Gasteiger partial charge in [0.05, 0.1) is 5.39 Å². The number of ether oxygens (including phenoxy) is 1. The average molecular weight is 284 g/mol. The molecule has 0 unspecified atom stereocenters. The van der Waals surface area contributed by atoms with Crippen molar-refractivity contribution in [3.05, 3.63) is 48.4 Å². The Hall–Kier alpha value is -3.11. The van der Waals surface area contributed by atoms with Crippen LogP contribution >= 0.6 is 0 Å². The first kappa shape index (κ1) is 14.3. The fraction of sp³-hybridized carbons (Fsp3) is 0.0667. The first-order valence-electron chi connectivity index (χ1n) is 6.02. The maximum atomic E-state index is 8.12. The van der Waals surface area contributed by atoms with Gasteiger partial charge in [-0.1, -0.05) is 0 Å². The van der Waals surface area contributed by atoms with Gasteiger partial charge in [-0.3, -0.25) is 0 Å². The van der Waals surface area contributed by atoms with E-state index >= 15 is 0 Å². The van der Waals surface area contributed by atoms with Gasteiger partial charge >= 0.3 is 6.15 Å². The van der Waals surface area contributed by atoms with Crippen molar-refractivity contribution in [1.82, 2.24) is 4.98 Å². The zero-order chi connectivity index (χ0) is 15.2. The second-order valence-corrected chi connectivity index (χ2v) is 4.14. The summed E-state index contributed by atoms with van der Waals surface area (Å²) in [6.07, 6.45) is 1.91. The monoisotopic (exact) mass is 284 g/mol. The molecule has 6 heteroatoms. The minimum absolute atomic E-state index is 0.250. The number of nitrogens with two attached hydrogens (primary N) is 1. The van der Waals surface area contributed by atoms with Crippen LogP contribution in [0, 0.1) is 6.92 Å². The highest BCUT2D eigenvalue weighted by atomic mass is 16.5. The lowest BCUT2D eigenvalue weighted by molar-refractivity contribution is -0.191. The predicted octanol–water partition coefficient (Wildman–Crippen LogP) is 2.93. The molecule has 21 heavy (non-hydrogen) atoms. The van der Waals surface area contributed by atoms with Crippen molar-refractivity contribution in [3.8, 4) is 11.5 Å². The molecular formula is C15H12N2O4. The van der Waals surface area contributed by atoms with Gasteiger partial charge in [0.15, 0.2) is 0 Å². The van der Waals surface area contributed by atoms with Gasteiger partial charge in [0.2, 0.25) is 5.71 Å². The van der Waals surface area contributed by atoms with Crippen LogP contribution in [-0.4, -0.2) is 11.1 Å². The van der Waals surface area contributed by atoms with Crippen LogP contribution in [0.2, 0.25) is 0 Å². The number of furan rings is 1. The summed E-state index contributed by atoms with van der Waals surface area (Å²) in [4.78, 5) is 20.4. The van der Waals surface area contributed by atoms with Gasteiger partial charge < -0.3 is 14.9 Å². The molecule has 0 atom stereocenters. The number of nitrogen functional groups attached to an aromatic ring is 1. The SMILES string of the molecule is Cc1cc2c(Oc3ccc(N)cc3)ccnc2o1.O=C=O. The number of fused-ring (bicyclic) bond motifs is 1. The van der Waals surface area contributed by atoms with Crippen molar-refractivity contribution < 1.29 is 18.7 Å². The molecule has 3 rings (SSSR count). The minimum atomic E-state index is 0.250. The number of benzene rings is 1. The second-order valence-electron chi connectivity index (χ2n) is 4.14. The number of rotatable bonds is 2. The normalized spacial score (nSPS) is 9.57. The molecule has 2 heterocycles. The van der Waals surface area contributed by atoms with Crippen LogP contribution < -0.4 is 10.5 Å². The standard InChI is InChI=1S/C14H12N2O2.CO2/c1-9-8-12-13(6-7-16-14(12)17-9)18-11-4-2-10(15)3-5-11;2-1-3/h2-8H,15H2,1H3;. The van der Waals surface area contributed by atoms with Crippen molar-refractivity contribution in [2.45, 2.75) is 6.92 Å². The number of hydrogen-bond acceptors (Lipinski definition) is 6. The van der Waals surface area contributed by atoms with Crippen molar-refractivity contribution in [2.24, 2.45) is 0 Å². The van der Waals surface area contributed by atoms with E-state index in [1.165, 1.54) is 0 Å². The summed E-state index contributed by atoms with van der Waals surface area (Å²) < 4.78 is 11.3. The van der Waals surface area contributed by atoms with Crippen LogP contribution in [0.3, 0.4) is 0 Å². The Morgan fingerprint density at radius 3 is 2.52 bits per heavy atom. The lowest BCUT2D eigenvalue weighted by Gasteiger charge is -2.06. The number of nitrogens with zero attached hydrogens (tertiary/aromatic N) is 1. The fourth-order valence-corrected chi connectivity index (χ4v) is 1.79. The third-order valence-corrected chi connectivity index (χ3v) is 2.63. The van der Waals surface area contributed by atoms with Gasteiger partial charge in [-0.25, -0.2) is 4.98 Å². The molecule has 0 radical (unpaired) electrons. The molecule has 106 valence electrons. The summed E-state index contributed by atoms with van der Waals surface area (Å²) in [7, 11) is 0. The summed E-state index contributed by atoms with van der Waals surface area (Å²) in [6, 6.07) is 11.0. The zero-order valence-corrected chi connectivity index (χ0v) is 11.2. The Morgan fingerprint density at radius 1 is 1.19 bits per heavy atom. The molecule has 2 N–H and O–H groups in total. The Morgan fingerprint density at radius 2 is 1.86 bits per heavy atom. The molecule has 0 saturated heterocycles. The number of aromatic nitrogens is 1. The van der Waals surface area contributed by atoms with Crippen LogP contribution in [0.25, 0.3) is 11.1 Å². The van der Waals surface area contributed by atoms with E-state index in [1.54, 1.807) is 18.3 Å². The van der Waals surface area contributed by atoms with E-state index in [4.69, 9.17) is 24.5 Å². The molecule has 2 aromatic heterocycles. The molecule has 0 saturated carbocycles. The van der Waals surface area contributed by atoms with Crippen LogP contribution in [0.5, 0.6) is 11.5 Å². The zero-order valence-electron chi connectivity index (χ0n) is 11.2. The third kappa shape index (κ3) is 3.46. The predicted molar refractivity (Wildman–Crippen MR) is 74.7 cm³/mol. The van der Waals surface area contributed by atoms with E-state index in [9.17, 15) is 0 Å². The van der Waals surface area contributed by atoms with E-state index in [0.29, 0.717) is 11.4 Å². The minimum Gasteiger partial charge on any atom is -0.456 e. The maximum Gasteiger partial charge on any atom is 0.373 e. The van der Waals surface area contributed by atoms with Gasteiger partial charge in [-0.2, -0.15) is 9.59 Å².